The minimum Gasteiger partial charge on any atom is -0.480 e. The summed E-state index contributed by atoms with van der Waals surface area (Å²) in [6.45, 7) is 3.30. The van der Waals surface area contributed by atoms with E-state index in [1.165, 1.54) is 6.92 Å². The number of carbonyl (C=O) groups is 1. The minimum atomic E-state index is -3.42. The Bertz CT molecular complexity index is 371. The minimum absolute atomic E-state index is 0.0715. The molecular formula is C8H13NO4S. The van der Waals surface area contributed by atoms with Crippen LogP contribution < -0.4 is 0 Å². The number of rotatable bonds is 3. The molecule has 5 nitrogen and oxygen atoms in total. The number of hydrogen-bond donors (Lipinski definition) is 1. The van der Waals surface area contributed by atoms with Crippen molar-refractivity contribution in [1.82, 2.24) is 4.31 Å². The first-order chi connectivity index (χ1) is 6.40. The zero-order chi connectivity index (χ0) is 10.9. The van der Waals surface area contributed by atoms with Gasteiger partial charge in [0.05, 0.1) is 5.75 Å². The number of nitrogens with zero attached hydrogens (tertiary/aromatic N) is 1. The fraction of sp³-hybridized carbons (Fsp3) is 0.625. The molecule has 1 atom stereocenters. The van der Waals surface area contributed by atoms with Gasteiger partial charge in [-0.2, -0.15) is 4.31 Å². The lowest BCUT2D eigenvalue weighted by Gasteiger charge is -2.21. The fourth-order valence-corrected chi connectivity index (χ4v) is 2.65. The van der Waals surface area contributed by atoms with Crippen LogP contribution in [-0.4, -0.2) is 42.1 Å². The highest BCUT2D eigenvalue weighted by atomic mass is 32.2. The van der Waals surface area contributed by atoms with Gasteiger partial charge in [0.25, 0.3) is 0 Å². The van der Waals surface area contributed by atoms with E-state index in [9.17, 15) is 13.2 Å². The third-order valence-electron chi connectivity index (χ3n) is 2.27. The molecule has 0 fully saturated rings. The SMILES string of the molecule is CCS(=O)(=O)N1CC=C(C)C1C(=O)O. The molecule has 1 rings (SSSR count). The third kappa shape index (κ3) is 1.80. The smallest absolute Gasteiger partial charge is 0.326 e. The molecule has 0 aromatic rings. The van der Waals surface area contributed by atoms with Crippen molar-refractivity contribution in [3.05, 3.63) is 11.6 Å². The molecule has 0 aromatic heterocycles. The molecule has 0 aliphatic carbocycles. The van der Waals surface area contributed by atoms with Gasteiger partial charge in [0.1, 0.15) is 6.04 Å². The molecule has 0 bridgehead atoms. The van der Waals surface area contributed by atoms with E-state index in [0.29, 0.717) is 5.57 Å². The number of carboxylic acids is 1. The van der Waals surface area contributed by atoms with Crippen LogP contribution in [0.25, 0.3) is 0 Å². The van der Waals surface area contributed by atoms with Crippen molar-refractivity contribution in [2.45, 2.75) is 19.9 Å². The van der Waals surface area contributed by atoms with Gasteiger partial charge in [-0.3, -0.25) is 4.79 Å². The van der Waals surface area contributed by atoms with Crippen LogP contribution in [-0.2, 0) is 14.8 Å². The van der Waals surface area contributed by atoms with Crippen molar-refractivity contribution in [3.8, 4) is 0 Å². The average molecular weight is 219 g/mol. The molecular weight excluding hydrogens is 206 g/mol. The summed E-state index contributed by atoms with van der Waals surface area (Å²) in [6.07, 6.45) is 1.63. The molecule has 0 aromatic carbocycles. The molecule has 0 saturated carbocycles. The Morgan fingerprint density at radius 1 is 1.71 bits per heavy atom. The second-order valence-electron chi connectivity index (χ2n) is 3.16. The summed E-state index contributed by atoms with van der Waals surface area (Å²) in [5.74, 6) is -1.19. The lowest BCUT2D eigenvalue weighted by atomic mass is 10.2. The van der Waals surface area contributed by atoms with Gasteiger partial charge >= 0.3 is 5.97 Å². The number of carboxylic acid groups (broad SMARTS) is 1. The van der Waals surface area contributed by atoms with E-state index in [-0.39, 0.29) is 12.3 Å². The second-order valence-corrected chi connectivity index (χ2v) is 5.37. The zero-order valence-corrected chi connectivity index (χ0v) is 8.91. The Kier molecular flexibility index (Phi) is 2.96. The van der Waals surface area contributed by atoms with Gasteiger partial charge in [-0.1, -0.05) is 6.08 Å². The molecule has 1 N–H and O–H groups in total. The van der Waals surface area contributed by atoms with Crippen molar-refractivity contribution in [3.63, 3.8) is 0 Å². The second kappa shape index (κ2) is 3.70. The molecule has 6 heteroatoms. The van der Waals surface area contributed by atoms with Crippen LogP contribution in [0.2, 0.25) is 0 Å². The topological polar surface area (TPSA) is 74.7 Å². The van der Waals surface area contributed by atoms with E-state index >= 15 is 0 Å². The Morgan fingerprint density at radius 3 is 2.71 bits per heavy atom. The summed E-state index contributed by atoms with van der Waals surface area (Å²) >= 11 is 0. The number of aliphatic carboxylic acids is 1. The van der Waals surface area contributed by atoms with E-state index in [4.69, 9.17) is 5.11 Å². The zero-order valence-electron chi connectivity index (χ0n) is 8.10. The van der Waals surface area contributed by atoms with Crippen LogP contribution in [0.4, 0.5) is 0 Å². The van der Waals surface area contributed by atoms with Gasteiger partial charge < -0.3 is 5.11 Å². The fourth-order valence-electron chi connectivity index (χ4n) is 1.44. The van der Waals surface area contributed by atoms with Crippen LogP contribution in [0.15, 0.2) is 11.6 Å². The average Bonchev–Trinajstić information content (AvgIpc) is 2.47. The Hall–Kier alpha value is -0.880. The molecule has 0 amide bonds. The van der Waals surface area contributed by atoms with Gasteiger partial charge in [0.2, 0.25) is 10.0 Å². The molecule has 0 spiro atoms. The van der Waals surface area contributed by atoms with E-state index in [0.717, 1.165) is 4.31 Å². The van der Waals surface area contributed by atoms with E-state index in [1.54, 1.807) is 13.0 Å². The standard InChI is InChI=1S/C8H13NO4S/c1-3-14(12,13)9-5-4-6(2)7(9)8(10)11/h4,7H,3,5H2,1-2H3,(H,10,11). The number of hydrogen-bond acceptors (Lipinski definition) is 3. The van der Waals surface area contributed by atoms with Gasteiger partial charge in [-0.15, -0.1) is 0 Å². The Labute approximate surface area is 83.1 Å². The van der Waals surface area contributed by atoms with Gasteiger partial charge in [-0.25, -0.2) is 8.42 Å². The summed E-state index contributed by atoms with van der Waals surface area (Å²) in [7, 11) is -3.42. The molecule has 1 unspecified atom stereocenters. The van der Waals surface area contributed by atoms with Gasteiger partial charge in [0, 0.05) is 6.54 Å². The van der Waals surface area contributed by atoms with E-state index in [2.05, 4.69) is 0 Å². The predicted octanol–water partition coefficient (Wildman–Crippen LogP) is 0.0512. The van der Waals surface area contributed by atoms with Crippen molar-refractivity contribution in [1.29, 1.82) is 0 Å². The monoisotopic (exact) mass is 219 g/mol. The van der Waals surface area contributed by atoms with E-state index < -0.39 is 22.0 Å². The van der Waals surface area contributed by atoms with Crippen LogP contribution in [0.5, 0.6) is 0 Å². The van der Waals surface area contributed by atoms with Crippen LogP contribution in [0.3, 0.4) is 0 Å². The Morgan fingerprint density at radius 2 is 2.29 bits per heavy atom. The Balaban J connectivity index is 3.01. The molecule has 14 heavy (non-hydrogen) atoms. The summed E-state index contributed by atoms with van der Waals surface area (Å²) in [5.41, 5.74) is 0.578. The molecule has 80 valence electrons. The maximum atomic E-state index is 11.5. The van der Waals surface area contributed by atoms with Gasteiger partial charge in [0.15, 0.2) is 0 Å². The van der Waals surface area contributed by atoms with Crippen molar-refractivity contribution < 1.29 is 18.3 Å². The predicted molar refractivity (Wildman–Crippen MR) is 51.3 cm³/mol. The van der Waals surface area contributed by atoms with Crippen molar-refractivity contribution >= 4 is 16.0 Å². The summed E-state index contributed by atoms with van der Waals surface area (Å²) in [5, 5.41) is 8.87. The largest absolute Gasteiger partial charge is 0.480 e. The highest BCUT2D eigenvalue weighted by molar-refractivity contribution is 7.89. The van der Waals surface area contributed by atoms with Crippen molar-refractivity contribution in [2.24, 2.45) is 0 Å². The molecule has 1 aliphatic rings. The molecule has 1 heterocycles. The maximum absolute atomic E-state index is 11.5. The summed E-state index contributed by atoms with van der Waals surface area (Å²) in [4.78, 5) is 10.8. The van der Waals surface area contributed by atoms with Crippen LogP contribution in [0, 0.1) is 0 Å². The third-order valence-corrected chi connectivity index (χ3v) is 4.07. The van der Waals surface area contributed by atoms with Crippen LogP contribution >= 0.6 is 0 Å². The highest BCUT2D eigenvalue weighted by Crippen LogP contribution is 2.21. The van der Waals surface area contributed by atoms with E-state index in [1.807, 2.05) is 0 Å². The normalized spacial score (nSPS) is 23.6. The molecule has 0 radical (unpaired) electrons. The summed E-state index contributed by atoms with van der Waals surface area (Å²) in [6, 6.07) is -1.01. The first-order valence-electron chi connectivity index (χ1n) is 4.29. The van der Waals surface area contributed by atoms with Gasteiger partial charge in [-0.05, 0) is 19.4 Å². The van der Waals surface area contributed by atoms with Crippen molar-refractivity contribution in [2.75, 3.05) is 12.3 Å². The highest BCUT2D eigenvalue weighted by Gasteiger charge is 2.37. The molecule has 0 saturated heterocycles. The maximum Gasteiger partial charge on any atom is 0.326 e. The first-order valence-corrected chi connectivity index (χ1v) is 5.90. The number of sulfonamides is 1. The summed E-state index contributed by atoms with van der Waals surface area (Å²) < 4.78 is 24.0. The van der Waals surface area contributed by atoms with Crippen LogP contribution in [0.1, 0.15) is 13.8 Å². The quantitative estimate of drug-likeness (QED) is 0.681. The lowest BCUT2D eigenvalue weighted by Crippen LogP contribution is -2.42. The first kappa shape index (κ1) is 11.2. The molecule has 1 aliphatic heterocycles. The lowest BCUT2D eigenvalue weighted by molar-refractivity contribution is -0.139.